The van der Waals surface area contributed by atoms with Gasteiger partial charge in [-0.2, -0.15) is 0 Å². The standard InChI is InChI=1S/C30H23NO2Si/c1-34(2,3)27-13-7-11-21-24-17-31-25(16-26(24)32-30(21)27)23-12-6-10-20-22-15-14-18-8-4-5-9-19(18)28(22)33-29(20)23/h4-17H,1-3H3. The number of benzene rings is 4. The third-order valence-electron chi connectivity index (χ3n) is 6.86. The second-order valence-electron chi connectivity index (χ2n) is 10.0. The molecule has 3 heterocycles. The van der Waals surface area contributed by atoms with Crippen LogP contribution in [-0.2, 0) is 0 Å². The lowest BCUT2D eigenvalue weighted by atomic mass is 10.0. The van der Waals surface area contributed by atoms with Crippen LogP contribution in [0.15, 0.2) is 93.9 Å². The molecule has 7 rings (SSSR count). The highest BCUT2D eigenvalue weighted by Gasteiger charge is 2.23. The zero-order valence-corrected chi connectivity index (χ0v) is 20.3. The van der Waals surface area contributed by atoms with Gasteiger partial charge in [-0.15, -0.1) is 0 Å². The molecule has 0 fully saturated rings. The second kappa shape index (κ2) is 6.81. The minimum Gasteiger partial charge on any atom is -0.456 e. The number of nitrogens with zero attached hydrogens (tertiary/aromatic N) is 1. The SMILES string of the molecule is C[Si](C)(C)c1cccc2c1oc1cc(-c3cccc4c3oc3c5ccccc5ccc43)ncc12. The summed E-state index contributed by atoms with van der Waals surface area (Å²) in [7, 11) is -1.55. The number of pyridine rings is 1. The van der Waals surface area contributed by atoms with Gasteiger partial charge in [0.15, 0.2) is 0 Å². The maximum absolute atomic E-state index is 6.52. The summed E-state index contributed by atoms with van der Waals surface area (Å²) in [4.78, 5) is 4.87. The first-order valence-electron chi connectivity index (χ1n) is 11.6. The Hall–Kier alpha value is -3.89. The number of fused-ring (bicyclic) bond motifs is 8. The summed E-state index contributed by atoms with van der Waals surface area (Å²) in [5.41, 5.74) is 5.48. The van der Waals surface area contributed by atoms with Crippen molar-refractivity contribution in [2.45, 2.75) is 19.6 Å². The molecule has 0 unspecified atom stereocenters. The maximum atomic E-state index is 6.52. The van der Waals surface area contributed by atoms with E-state index in [0.717, 1.165) is 60.5 Å². The summed E-state index contributed by atoms with van der Waals surface area (Å²) in [6.45, 7) is 7.06. The molecule has 4 aromatic carbocycles. The Kier molecular flexibility index (Phi) is 3.92. The lowest BCUT2D eigenvalue weighted by Crippen LogP contribution is -2.37. The smallest absolute Gasteiger partial charge is 0.144 e. The highest BCUT2D eigenvalue weighted by molar-refractivity contribution is 6.90. The minimum atomic E-state index is -1.55. The molecule has 0 aliphatic carbocycles. The summed E-state index contributed by atoms with van der Waals surface area (Å²) >= 11 is 0. The molecule has 0 aliphatic rings. The van der Waals surface area contributed by atoms with Crippen molar-refractivity contribution in [2.75, 3.05) is 0 Å². The van der Waals surface area contributed by atoms with E-state index in [0.29, 0.717) is 0 Å². The Bertz CT molecular complexity index is 1900. The molecule has 0 saturated carbocycles. The molecule has 0 aliphatic heterocycles. The van der Waals surface area contributed by atoms with Crippen molar-refractivity contribution in [3.63, 3.8) is 0 Å². The van der Waals surface area contributed by atoms with Crippen LogP contribution in [0.25, 0.3) is 65.9 Å². The van der Waals surface area contributed by atoms with E-state index in [-0.39, 0.29) is 0 Å². The number of furan rings is 2. The van der Waals surface area contributed by atoms with Crippen LogP contribution >= 0.6 is 0 Å². The Morgan fingerprint density at radius 1 is 0.618 bits per heavy atom. The highest BCUT2D eigenvalue weighted by Crippen LogP contribution is 2.39. The summed E-state index contributed by atoms with van der Waals surface area (Å²) in [5.74, 6) is 0. The number of hydrogen-bond donors (Lipinski definition) is 0. The molecule has 0 N–H and O–H groups in total. The predicted molar refractivity (Wildman–Crippen MR) is 145 cm³/mol. The van der Waals surface area contributed by atoms with Crippen molar-refractivity contribution in [1.82, 2.24) is 4.98 Å². The van der Waals surface area contributed by atoms with Crippen LogP contribution in [-0.4, -0.2) is 13.1 Å². The van der Waals surface area contributed by atoms with Gasteiger partial charge >= 0.3 is 0 Å². The summed E-state index contributed by atoms with van der Waals surface area (Å²) < 4.78 is 13.0. The molecule has 3 nitrogen and oxygen atoms in total. The topological polar surface area (TPSA) is 39.2 Å². The quantitative estimate of drug-likeness (QED) is 0.245. The number of aromatic nitrogens is 1. The van der Waals surface area contributed by atoms with E-state index in [1.165, 1.54) is 10.6 Å². The van der Waals surface area contributed by atoms with E-state index < -0.39 is 8.07 Å². The van der Waals surface area contributed by atoms with Gasteiger partial charge in [0.2, 0.25) is 0 Å². The first kappa shape index (κ1) is 19.6. The van der Waals surface area contributed by atoms with Crippen LogP contribution in [0.1, 0.15) is 0 Å². The number of hydrogen-bond acceptors (Lipinski definition) is 3. The first-order valence-corrected chi connectivity index (χ1v) is 15.1. The molecule has 0 spiro atoms. The third kappa shape index (κ3) is 2.72. The molecular formula is C30H23NO2Si. The molecular weight excluding hydrogens is 434 g/mol. The van der Waals surface area contributed by atoms with Gasteiger partial charge in [-0.25, -0.2) is 0 Å². The second-order valence-corrected chi connectivity index (χ2v) is 15.1. The van der Waals surface area contributed by atoms with Gasteiger partial charge in [0.1, 0.15) is 22.3 Å². The molecule has 7 aromatic rings. The van der Waals surface area contributed by atoms with E-state index in [4.69, 9.17) is 13.8 Å². The van der Waals surface area contributed by atoms with E-state index in [2.05, 4.69) is 98.5 Å². The molecule has 0 saturated heterocycles. The summed E-state index contributed by atoms with van der Waals surface area (Å²) in [6, 6.07) is 27.5. The molecule has 0 amide bonds. The maximum Gasteiger partial charge on any atom is 0.144 e. The minimum absolute atomic E-state index is 0.857. The van der Waals surface area contributed by atoms with Crippen LogP contribution in [0.5, 0.6) is 0 Å². The molecule has 0 bridgehead atoms. The van der Waals surface area contributed by atoms with Crippen LogP contribution in [0.4, 0.5) is 0 Å². The fourth-order valence-corrected chi connectivity index (χ4v) is 6.62. The average molecular weight is 458 g/mol. The fourth-order valence-electron chi connectivity index (χ4n) is 5.16. The van der Waals surface area contributed by atoms with E-state index in [9.17, 15) is 0 Å². The van der Waals surface area contributed by atoms with Crippen molar-refractivity contribution < 1.29 is 8.83 Å². The van der Waals surface area contributed by atoms with Crippen molar-refractivity contribution in [3.8, 4) is 11.3 Å². The lowest BCUT2D eigenvalue weighted by Gasteiger charge is -2.16. The van der Waals surface area contributed by atoms with Gasteiger partial charge in [-0.1, -0.05) is 80.3 Å². The van der Waals surface area contributed by atoms with Crippen LogP contribution < -0.4 is 5.19 Å². The van der Waals surface area contributed by atoms with Gasteiger partial charge in [0, 0.05) is 44.8 Å². The fraction of sp³-hybridized carbons (Fsp3) is 0.100. The van der Waals surface area contributed by atoms with E-state index >= 15 is 0 Å². The normalized spacial score (nSPS) is 12.6. The van der Waals surface area contributed by atoms with Crippen LogP contribution in [0.2, 0.25) is 19.6 Å². The van der Waals surface area contributed by atoms with Crippen molar-refractivity contribution in [1.29, 1.82) is 0 Å². The first-order chi connectivity index (χ1) is 16.5. The molecule has 0 radical (unpaired) electrons. The Morgan fingerprint density at radius 3 is 2.21 bits per heavy atom. The Morgan fingerprint density at radius 2 is 1.35 bits per heavy atom. The average Bonchev–Trinajstić information content (AvgIpc) is 3.41. The van der Waals surface area contributed by atoms with Gasteiger partial charge in [0.05, 0.1) is 13.8 Å². The van der Waals surface area contributed by atoms with E-state index in [1.807, 2.05) is 6.20 Å². The van der Waals surface area contributed by atoms with Crippen molar-refractivity contribution in [3.05, 3.63) is 85.1 Å². The molecule has 0 atom stereocenters. The molecule has 3 aromatic heterocycles. The zero-order valence-electron chi connectivity index (χ0n) is 19.3. The zero-order chi connectivity index (χ0) is 23.0. The van der Waals surface area contributed by atoms with Crippen molar-refractivity contribution >= 4 is 67.9 Å². The highest BCUT2D eigenvalue weighted by atomic mass is 28.3. The monoisotopic (exact) mass is 457 g/mol. The summed E-state index contributed by atoms with van der Waals surface area (Å²) in [5, 5.41) is 8.07. The van der Waals surface area contributed by atoms with Gasteiger partial charge in [-0.05, 0) is 22.7 Å². The largest absolute Gasteiger partial charge is 0.456 e. The van der Waals surface area contributed by atoms with Gasteiger partial charge < -0.3 is 8.83 Å². The predicted octanol–water partition coefficient (Wildman–Crippen LogP) is 8.25. The Balaban J connectivity index is 1.49. The van der Waals surface area contributed by atoms with Crippen LogP contribution in [0, 0.1) is 0 Å². The Labute approximate surface area is 197 Å². The van der Waals surface area contributed by atoms with Gasteiger partial charge in [0.25, 0.3) is 0 Å². The lowest BCUT2D eigenvalue weighted by molar-refractivity contribution is 0.670. The summed E-state index contributed by atoms with van der Waals surface area (Å²) in [6.07, 6.45) is 1.95. The molecule has 34 heavy (non-hydrogen) atoms. The third-order valence-corrected chi connectivity index (χ3v) is 8.87. The molecule has 164 valence electrons. The number of para-hydroxylation sites is 2. The van der Waals surface area contributed by atoms with Crippen LogP contribution in [0.3, 0.4) is 0 Å². The van der Waals surface area contributed by atoms with Crippen molar-refractivity contribution in [2.24, 2.45) is 0 Å². The number of rotatable bonds is 2. The molecule has 4 heteroatoms. The van der Waals surface area contributed by atoms with Gasteiger partial charge in [-0.3, -0.25) is 4.98 Å². The van der Waals surface area contributed by atoms with E-state index in [1.54, 1.807) is 0 Å².